The number of pyridine rings is 1. The Morgan fingerprint density at radius 2 is 2.00 bits per heavy atom. The second-order valence-electron chi connectivity index (χ2n) is 6.39. The van der Waals surface area contributed by atoms with E-state index < -0.39 is 0 Å². The van der Waals surface area contributed by atoms with Crippen molar-refractivity contribution < 1.29 is 4.79 Å². The summed E-state index contributed by atoms with van der Waals surface area (Å²) in [6.45, 7) is 4.83. The molecule has 0 spiro atoms. The third-order valence-electron chi connectivity index (χ3n) is 4.60. The van der Waals surface area contributed by atoms with Crippen molar-refractivity contribution in [2.45, 2.75) is 30.4 Å². The predicted octanol–water partition coefficient (Wildman–Crippen LogP) is 4.11. The number of hydrogen-bond donors (Lipinski definition) is 0. The Morgan fingerprint density at radius 1 is 1.19 bits per heavy atom. The predicted molar refractivity (Wildman–Crippen MR) is 104 cm³/mol. The van der Waals surface area contributed by atoms with Gasteiger partial charge in [-0.15, -0.1) is 11.8 Å². The zero-order valence-electron chi connectivity index (χ0n) is 14.8. The Hall–Kier alpha value is -2.60. The molecule has 4 rings (SSSR count). The molecule has 0 N–H and O–H groups in total. The normalized spacial score (nSPS) is 16.8. The van der Waals surface area contributed by atoms with Crippen LogP contribution in [0.15, 0.2) is 59.8 Å². The summed E-state index contributed by atoms with van der Waals surface area (Å²) in [6.07, 6.45) is 4.33. The van der Waals surface area contributed by atoms with E-state index >= 15 is 0 Å². The van der Waals surface area contributed by atoms with Crippen molar-refractivity contribution in [3.63, 3.8) is 0 Å². The van der Waals surface area contributed by atoms with Gasteiger partial charge in [-0.05, 0) is 37.6 Å². The lowest BCUT2D eigenvalue weighted by atomic mass is 10.2. The van der Waals surface area contributed by atoms with E-state index in [0.29, 0.717) is 23.2 Å². The Morgan fingerprint density at radius 3 is 2.81 bits per heavy atom. The summed E-state index contributed by atoms with van der Waals surface area (Å²) in [5, 5.41) is 4.88. The van der Waals surface area contributed by atoms with E-state index in [1.165, 1.54) is 0 Å². The van der Waals surface area contributed by atoms with E-state index in [1.807, 2.05) is 60.0 Å². The molecule has 1 aliphatic rings. The molecule has 3 aromatic rings. The third-order valence-corrected chi connectivity index (χ3v) is 5.83. The van der Waals surface area contributed by atoms with E-state index in [2.05, 4.69) is 23.1 Å². The number of aromatic nitrogens is 3. The molecule has 1 aliphatic heterocycles. The van der Waals surface area contributed by atoms with Crippen molar-refractivity contribution in [3.05, 3.63) is 66.1 Å². The molecular formula is C20H20N4OS. The van der Waals surface area contributed by atoms with Crippen molar-refractivity contribution in [2.24, 2.45) is 0 Å². The molecule has 6 heteroatoms. The monoisotopic (exact) mass is 364 g/mol. The fourth-order valence-corrected chi connectivity index (χ4v) is 4.29. The summed E-state index contributed by atoms with van der Waals surface area (Å²) in [7, 11) is 0. The first-order valence-corrected chi connectivity index (χ1v) is 9.56. The molecule has 1 amide bonds. The number of rotatable bonds is 2. The molecule has 1 aromatic carbocycles. The van der Waals surface area contributed by atoms with E-state index in [-0.39, 0.29) is 5.91 Å². The standard InChI is InChI=1S/C20H20N4OS/c1-14-10-12-23(17-7-3-4-8-18(17)26-14)20(25)16-13-22-24(15(16)2)19-9-5-6-11-21-19/h3-9,11,13-14H,10,12H2,1-2H3. The number of carbonyl (C=O) groups is 1. The van der Waals surface area contributed by atoms with Gasteiger partial charge in [-0.25, -0.2) is 9.67 Å². The zero-order valence-corrected chi connectivity index (χ0v) is 15.6. The van der Waals surface area contributed by atoms with Gasteiger partial charge < -0.3 is 4.90 Å². The smallest absolute Gasteiger partial charge is 0.261 e. The van der Waals surface area contributed by atoms with Gasteiger partial charge in [-0.2, -0.15) is 5.10 Å². The van der Waals surface area contributed by atoms with Crippen LogP contribution in [0.4, 0.5) is 5.69 Å². The molecule has 1 atom stereocenters. The number of benzene rings is 1. The molecule has 0 bridgehead atoms. The topological polar surface area (TPSA) is 51.0 Å². The minimum Gasteiger partial charge on any atom is -0.307 e. The van der Waals surface area contributed by atoms with Crippen molar-refractivity contribution in [3.8, 4) is 5.82 Å². The maximum atomic E-state index is 13.3. The van der Waals surface area contributed by atoms with Gasteiger partial charge in [0.15, 0.2) is 5.82 Å². The molecule has 132 valence electrons. The molecule has 2 aromatic heterocycles. The first kappa shape index (κ1) is 16.8. The molecule has 0 radical (unpaired) electrons. The minimum absolute atomic E-state index is 0.00756. The van der Waals surface area contributed by atoms with Gasteiger partial charge in [-0.1, -0.05) is 25.1 Å². The number of amides is 1. The number of carbonyl (C=O) groups excluding carboxylic acids is 1. The molecular weight excluding hydrogens is 344 g/mol. The number of thioether (sulfide) groups is 1. The molecule has 0 saturated carbocycles. The van der Waals surface area contributed by atoms with E-state index in [0.717, 1.165) is 22.7 Å². The second-order valence-corrected chi connectivity index (χ2v) is 7.87. The van der Waals surface area contributed by atoms with Gasteiger partial charge >= 0.3 is 0 Å². The highest BCUT2D eigenvalue weighted by Crippen LogP contribution is 2.38. The van der Waals surface area contributed by atoms with Crippen LogP contribution in [-0.4, -0.2) is 32.5 Å². The van der Waals surface area contributed by atoms with Gasteiger partial charge in [0.05, 0.1) is 23.1 Å². The Kier molecular flexibility index (Phi) is 4.51. The van der Waals surface area contributed by atoms with Gasteiger partial charge in [0.1, 0.15) is 0 Å². The molecule has 3 heterocycles. The second kappa shape index (κ2) is 6.96. The van der Waals surface area contributed by atoms with E-state index in [1.54, 1.807) is 17.1 Å². The number of nitrogens with zero attached hydrogens (tertiary/aromatic N) is 4. The Labute approximate surface area is 157 Å². The largest absolute Gasteiger partial charge is 0.307 e. The van der Waals surface area contributed by atoms with Crippen molar-refractivity contribution >= 4 is 23.4 Å². The van der Waals surface area contributed by atoms with Crippen LogP contribution in [0, 0.1) is 6.92 Å². The molecule has 0 saturated heterocycles. The van der Waals surface area contributed by atoms with Gasteiger partial charge in [0.25, 0.3) is 5.91 Å². The summed E-state index contributed by atoms with van der Waals surface area (Å²) >= 11 is 1.83. The molecule has 5 nitrogen and oxygen atoms in total. The maximum Gasteiger partial charge on any atom is 0.261 e. The lowest BCUT2D eigenvalue weighted by Gasteiger charge is -2.22. The minimum atomic E-state index is -0.00756. The fourth-order valence-electron chi connectivity index (χ4n) is 3.17. The lowest BCUT2D eigenvalue weighted by Crippen LogP contribution is -2.32. The van der Waals surface area contributed by atoms with E-state index in [4.69, 9.17) is 0 Å². The lowest BCUT2D eigenvalue weighted by molar-refractivity contribution is 0.0986. The Balaban J connectivity index is 1.72. The van der Waals surface area contributed by atoms with Crippen LogP contribution in [0.5, 0.6) is 0 Å². The van der Waals surface area contributed by atoms with Crippen LogP contribution in [0.1, 0.15) is 29.4 Å². The van der Waals surface area contributed by atoms with Crippen LogP contribution < -0.4 is 4.90 Å². The van der Waals surface area contributed by atoms with Crippen molar-refractivity contribution in [1.82, 2.24) is 14.8 Å². The van der Waals surface area contributed by atoms with E-state index in [9.17, 15) is 4.79 Å². The number of fused-ring (bicyclic) bond motifs is 1. The number of anilines is 1. The molecule has 26 heavy (non-hydrogen) atoms. The van der Waals surface area contributed by atoms with Crippen LogP contribution in [0.2, 0.25) is 0 Å². The van der Waals surface area contributed by atoms with Gasteiger partial charge in [0.2, 0.25) is 0 Å². The zero-order chi connectivity index (χ0) is 18.1. The van der Waals surface area contributed by atoms with Crippen molar-refractivity contribution in [1.29, 1.82) is 0 Å². The first-order chi connectivity index (χ1) is 12.6. The first-order valence-electron chi connectivity index (χ1n) is 8.68. The molecule has 1 unspecified atom stereocenters. The summed E-state index contributed by atoms with van der Waals surface area (Å²) in [6, 6.07) is 13.8. The average molecular weight is 364 g/mol. The Bertz CT molecular complexity index is 938. The highest BCUT2D eigenvalue weighted by atomic mass is 32.2. The van der Waals surface area contributed by atoms with Crippen LogP contribution in [0.3, 0.4) is 0 Å². The average Bonchev–Trinajstić information content (AvgIpc) is 2.96. The van der Waals surface area contributed by atoms with Crippen LogP contribution in [-0.2, 0) is 0 Å². The number of hydrogen-bond acceptors (Lipinski definition) is 4. The summed E-state index contributed by atoms with van der Waals surface area (Å²) in [5.41, 5.74) is 2.40. The maximum absolute atomic E-state index is 13.3. The quantitative estimate of drug-likeness (QED) is 0.687. The third kappa shape index (κ3) is 3.01. The highest BCUT2D eigenvalue weighted by molar-refractivity contribution is 8.00. The van der Waals surface area contributed by atoms with Crippen LogP contribution >= 0.6 is 11.8 Å². The SMILES string of the molecule is Cc1c(C(=O)N2CCC(C)Sc3ccccc32)cnn1-c1ccccn1. The summed E-state index contributed by atoms with van der Waals surface area (Å²) in [5.74, 6) is 0.705. The van der Waals surface area contributed by atoms with Crippen LogP contribution in [0.25, 0.3) is 5.82 Å². The number of para-hydroxylation sites is 1. The summed E-state index contributed by atoms with van der Waals surface area (Å²) < 4.78 is 1.72. The van der Waals surface area contributed by atoms with Gasteiger partial charge in [0, 0.05) is 22.9 Å². The fraction of sp³-hybridized carbons (Fsp3) is 0.250. The van der Waals surface area contributed by atoms with Crippen molar-refractivity contribution in [2.75, 3.05) is 11.4 Å². The van der Waals surface area contributed by atoms with Gasteiger partial charge in [-0.3, -0.25) is 4.79 Å². The highest BCUT2D eigenvalue weighted by Gasteiger charge is 2.27. The molecule has 0 aliphatic carbocycles. The summed E-state index contributed by atoms with van der Waals surface area (Å²) in [4.78, 5) is 20.7. The molecule has 0 fully saturated rings.